The molecule has 2 aromatic rings. The van der Waals surface area contributed by atoms with Gasteiger partial charge in [0.25, 0.3) is 0 Å². The molecule has 0 aromatic heterocycles. The maximum atomic E-state index is 13.0. The molecule has 7 heteroatoms. The van der Waals surface area contributed by atoms with E-state index >= 15 is 0 Å². The first-order chi connectivity index (χ1) is 13.5. The molecule has 2 saturated heterocycles. The van der Waals surface area contributed by atoms with E-state index < -0.39 is 21.3 Å². The van der Waals surface area contributed by atoms with Crippen LogP contribution in [0.1, 0.15) is 19.3 Å². The first-order valence-corrected chi connectivity index (χ1v) is 11.3. The van der Waals surface area contributed by atoms with E-state index in [1.807, 2.05) is 53.4 Å². The predicted molar refractivity (Wildman–Crippen MR) is 110 cm³/mol. The van der Waals surface area contributed by atoms with Gasteiger partial charge in [0.15, 0.2) is 0 Å². The highest BCUT2D eigenvalue weighted by molar-refractivity contribution is 7.93. The summed E-state index contributed by atoms with van der Waals surface area (Å²) in [6.45, 7) is 1.83. The molecule has 2 atom stereocenters. The number of benzene rings is 2. The molecular formula is C21H25N3O3S. The Morgan fingerprint density at radius 3 is 2.43 bits per heavy atom. The first-order valence-electron chi connectivity index (χ1n) is 9.73. The number of nitrogens with zero attached hydrogens (tertiary/aromatic N) is 1. The zero-order valence-corrected chi connectivity index (χ0v) is 16.5. The third-order valence-corrected chi connectivity index (χ3v) is 7.25. The molecule has 2 heterocycles. The van der Waals surface area contributed by atoms with Crippen molar-refractivity contribution in [3.05, 3.63) is 54.6 Å². The SMILES string of the molecule is O=C(C1CC(S(=O)(=O)Nc2ccccc2-c2ccccc2)CN1)N1CCCC1. The number of carbonyl (C=O) groups excluding carboxylic acids is 1. The van der Waals surface area contributed by atoms with Crippen molar-refractivity contribution in [1.29, 1.82) is 0 Å². The molecule has 4 rings (SSSR count). The molecule has 2 fully saturated rings. The molecule has 2 aromatic carbocycles. The predicted octanol–water partition coefficient (Wildman–Crippen LogP) is 2.45. The van der Waals surface area contributed by atoms with Crippen molar-refractivity contribution in [2.45, 2.75) is 30.6 Å². The third kappa shape index (κ3) is 3.91. The van der Waals surface area contributed by atoms with Crippen LogP contribution in [0.2, 0.25) is 0 Å². The van der Waals surface area contributed by atoms with Crippen molar-refractivity contribution in [1.82, 2.24) is 10.2 Å². The standard InChI is InChI=1S/C21H25N3O3S/c25-21(24-12-6-7-13-24)20-14-17(15-22-20)28(26,27)23-19-11-5-4-10-18(19)16-8-2-1-3-9-16/h1-5,8-11,17,20,22-23H,6-7,12-15H2. The van der Waals surface area contributed by atoms with Gasteiger partial charge in [-0.05, 0) is 30.9 Å². The van der Waals surface area contributed by atoms with Crippen molar-refractivity contribution in [3.63, 3.8) is 0 Å². The normalized spacial score (nSPS) is 22.4. The van der Waals surface area contributed by atoms with E-state index in [4.69, 9.17) is 0 Å². The van der Waals surface area contributed by atoms with E-state index in [0.717, 1.165) is 37.1 Å². The fourth-order valence-corrected chi connectivity index (χ4v) is 5.38. The van der Waals surface area contributed by atoms with Crippen molar-refractivity contribution in [3.8, 4) is 11.1 Å². The largest absolute Gasteiger partial charge is 0.341 e. The van der Waals surface area contributed by atoms with Gasteiger partial charge in [-0.25, -0.2) is 8.42 Å². The lowest BCUT2D eigenvalue weighted by Gasteiger charge is -2.20. The lowest BCUT2D eigenvalue weighted by atomic mass is 10.0. The van der Waals surface area contributed by atoms with E-state index in [1.165, 1.54) is 0 Å². The van der Waals surface area contributed by atoms with Gasteiger partial charge in [0.1, 0.15) is 0 Å². The lowest BCUT2D eigenvalue weighted by Crippen LogP contribution is -2.42. The molecule has 2 aliphatic rings. The van der Waals surface area contributed by atoms with Gasteiger partial charge < -0.3 is 10.2 Å². The second kappa shape index (κ2) is 7.93. The summed E-state index contributed by atoms with van der Waals surface area (Å²) in [5.74, 6) is 0.0277. The number of carbonyl (C=O) groups is 1. The fraction of sp³-hybridized carbons (Fsp3) is 0.381. The van der Waals surface area contributed by atoms with Gasteiger partial charge in [0.2, 0.25) is 15.9 Å². The van der Waals surface area contributed by atoms with Crippen LogP contribution in [0.15, 0.2) is 54.6 Å². The van der Waals surface area contributed by atoms with Crippen LogP contribution in [-0.2, 0) is 14.8 Å². The van der Waals surface area contributed by atoms with Crippen molar-refractivity contribution >= 4 is 21.6 Å². The molecule has 1 amide bonds. The van der Waals surface area contributed by atoms with Crippen LogP contribution < -0.4 is 10.0 Å². The van der Waals surface area contributed by atoms with Crippen LogP contribution in [0.4, 0.5) is 5.69 Å². The van der Waals surface area contributed by atoms with Crippen molar-refractivity contribution < 1.29 is 13.2 Å². The summed E-state index contributed by atoms with van der Waals surface area (Å²) in [5.41, 5.74) is 2.35. The fourth-order valence-electron chi connectivity index (χ4n) is 3.96. The Labute approximate surface area is 166 Å². The molecule has 0 radical (unpaired) electrons. The molecule has 6 nitrogen and oxygen atoms in total. The zero-order chi connectivity index (χ0) is 19.6. The van der Waals surface area contributed by atoms with Crippen LogP contribution in [0.5, 0.6) is 0 Å². The first kappa shape index (κ1) is 19.0. The number of hydrogen-bond acceptors (Lipinski definition) is 4. The summed E-state index contributed by atoms with van der Waals surface area (Å²) < 4.78 is 28.8. The summed E-state index contributed by atoms with van der Waals surface area (Å²) in [6, 6.07) is 16.7. The summed E-state index contributed by atoms with van der Waals surface area (Å²) in [5, 5.41) is 2.48. The minimum absolute atomic E-state index is 0.0277. The van der Waals surface area contributed by atoms with Gasteiger partial charge in [-0.15, -0.1) is 0 Å². The quantitative estimate of drug-likeness (QED) is 0.810. The maximum Gasteiger partial charge on any atom is 0.239 e. The Balaban J connectivity index is 1.49. The van der Waals surface area contributed by atoms with Gasteiger partial charge in [0, 0.05) is 25.2 Å². The number of rotatable bonds is 5. The average molecular weight is 400 g/mol. The molecule has 28 heavy (non-hydrogen) atoms. The van der Waals surface area contributed by atoms with Crippen LogP contribution >= 0.6 is 0 Å². The summed E-state index contributed by atoms with van der Waals surface area (Å²) in [7, 11) is -3.62. The smallest absolute Gasteiger partial charge is 0.239 e. The molecule has 0 spiro atoms. The Bertz CT molecular complexity index is 940. The Morgan fingerprint density at radius 2 is 1.68 bits per heavy atom. The highest BCUT2D eigenvalue weighted by Gasteiger charge is 2.39. The molecular weight excluding hydrogens is 374 g/mol. The minimum Gasteiger partial charge on any atom is -0.341 e. The van der Waals surface area contributed by atoms with Gasteiger partial charge in [-0.3, -0.25) is 9.52 Å². The molecule has 2 N–H and O–H groups in total. The second-order valence-corrected chi connectivity index (χ2v) is 9.37. The number of sulfonamides is 1. The monoisotopic (exact) mass is 399 g/mol. The second-order valence-electron chi connectivity index (χ2n) is 7.41. The molecule has 0 saturated carbocycles. The topological polar surface area (TPSA) is 78.5 Å². The molecule has 2 aliphatic heterocycles. The third-order valence-electron chi connectivity index (χ3n) is 5.51. The molecule has 0 aliphatic carbocycles. The minimum atomic E-state index is -3.62. The maximum absolute atomic E-state index is 13.0. The van der Waals surface area contributed by atoms with Crippen LogP contribution in [0, 0.1) is 0 Å². The van der Waals surface area contributed by atoms with E-state index in [0.29, 0.717) is 12.1 Å². The number of para-hydroxylation sites is 1. The number of hydrogen-bond donors (Lipinski definition) is 2. The number of anilines is 1. The van der Waals surface area contributed by atoms with E-state index in [1.54, 1.807) is 6.07 Å². The highest BCUT2D eigenvalue weighted by atomic mass is 32.2. The van der Waals surface area contributed by atoms with E-state index in [2.05, 4.69) is 10.0 Å². The number of likely N-dealkylation sites (tertiary alicyclic amines) is 1. The lowest BCUT2D eigenvalue weighted by molar-refractivity contribution is -0.131. The van der Waals surface area contributed by atoms with Gasteiger partial charge in [-0.2, -0.15) is 0 Å². The Hall–Kier alpha value is -2.38. The molecule has 0 bridgehead atoms. The summed E-state index contributed by atoms with van der Waals surface area (Å²) >= 11 is 0. The average Bonchev–Trinajstić information content (AvgIpc) is 3.41. The number of amides is 1. The van der Waals surface area contributed by atoms with E-state index in [9.17, 15) is 13.2 Å². The number of nitrogens with one attached hydrogen (secondary N) is 2. The zero-order valence-electron chi connectivity index (χ0n) is 15.7. The van der Waals surface area contributed by atoms with Crippen LogP contribution in [-0.4, -0.2) is 50.2 Å². The van der Waals surface area contributed by atoms with Gasteiger partial charge in [-0.1, -0.05) is 48.5 Å². The van der Waals surface area contributed by atoms with E-state index in [-0.39, 0.29) is 12.5 Å². The molecule has 2 unspecified atom stereocenters. The highest BCUT2D eigenvalue weighted by Crippen LogP contribution is 2.30. The summed E-state index contributed by atoms with van der Waals surface area (Å²) in [4.78, 5) is 14.4. The summed E-state index contributed by atoms with van der Waals surface area (Å²) in [6.07, 6.45) is 2.36. The van der Waals surface area contributed by atoms with Crippen molar-refractivity contribution in [2.75, 3.05) is 24.4 Å². The van der Waals surface area contributed by atoms with Gasteiger partial charge >= 0.3 is 0 Å². The van der Waals surface area contributed by atoms with Crippen LogP contribution in [0.25, 0.3) is 11.1 Å². The molecule has 148 valence electrons. The van der Waals surface area contributed by atoms with Crippen LogP contribution in [0.3, 0.4) is 0 Å². The van der Waals surface area contributed by atoms with Crippen molar-refractivity contribution in [2.24, 2.45) is 0 Å². The Kier molecular flexibility index (Phi) is 5.37. The van der Waals surface area contributed by atoms with Gasteiger partial charge in [0.05, 0.1) is 17.0 Å². The Morgan fingerprint density at radius 1 is 1.00 bits per heavy atom.